The van der Waals surface area contributed by atoms with Crippen molar-refractivity contribution < 1.29 is 32.6 Å². The van der Waals surface area contributed by atoms with Crippen molar-refractivity contribution >= 4 is 6.16 Å². The molecule has 0 aromatic heterocycles. The van der Waals surface area contributed by atoms with Crippen LogP contribution < -0.4 is 0 Å². The second-order valence-electron chi connectivity index (χ2n) is 1.08. The zero-order chi connectivity index (χ0) is 9.44. The van der Waals surface area contributed by atoms with Crippen LogP contribution in [0.3, 0.4) is 0 Å². The summed E-state index contributed by atoms with van der Waals surface area (Å²) in [5.41, 5.74) is 0. The van der Waals surface area contributed by atoms with Crippen LogP contribution in [0.4, 0.5) is 22.4 Å². The summed E-state index contributed by atoms with van der Waals surface area (Å²) in [7, 11) is 0. The van der Waals surface area contributed by atoms with Gasteiger partial charge in [-0.25, -0.2) is 22.4 Å². The van der Waals surface area contributed by atoms with Crippen LogP contribution >= 0.6 is 0 Å². The summed E-state index contributed by atoms with van der Waals surface area (Å²) >= 11 is 0. The number of allylic oxidation sites excluding steroid dienone is 1. The lowest BCUT2D eigenvalue weighted by molar-refractivity contribution is 0.137. The van der Waals surface area contributed by atoms with E-state index >= 15 is 0 Å². The lowest BCUT2D eigenvalue weighted by Crippen LogP contribution is -1.87. The first-order valence-electron chi connectivity index (χ1n) is 2.07. The Morgan fingerprint density at radius 3 is 1.64 bits per heavy atom. The van der Waals surface area contributed by atoms with Crippen LogP contribution in [0.5, 0.6) is 0 Å². The summed E-state index contributed by atoms with van der Waals surface area (Å²) in [6.07, 6.45) is -5.91. The van der Waals surface area contributed by atoms with Crippen LogP contribution in [0.15, 0.2) is 12.2 Å². The minimum atomic E-state index is -3.31. The van der Waals surface area contributed by atoms with E-state index in [0.717, 1.165) is 0 Å². The Morgan fingerprint density at radius 1 is 1.36 bits per heavy atom. The number of halogens is 4. The van der Waals surface area contributed by atoms with Crippen LogP contribution in [-0.4, -0.2) is 22.8 Å². The SMILES string of the molecule is FC=C(F)C(F)F.O=C(O)O. The van der Waals surface area contributed by atoms with Crippen LogP contribution in [0.1, 0.15) is 0 Å². The van der Waals surface area contributed by atoms with Crippen molar-refractivity contribution in [1.82, 2.24) is 0 Å². The van der Waals surface area contributed by atoms with E-state index in [1.54, 1.807) is 0 Å². The first kappa shape index (κ1) is 12.4. The van der Waals surface area contributed by atoms with Gasteiger partial charge in [-0.2, -0.15) is 0 Å². The molecular weight excluding hydrogens is 172 g/mol. The van der Waals surface area contributed by atoms with E-state index in [1.165, 1.54) is 0 Å². The molecule has 0 spiro atoms. The molecule has 0 rings (SSSR count). The van der Waals surface area contributed by atoms with Gasteiger partial charge in [0.1, 0.15) is 6.33 Å². The highest BCUT2D eigenvalue weighted by molar-refractivity contribution is 5.53. The number of hydrogen-bond acceptors (Lipinski definition) is 1. The first-order chi connectivity index (χ1) is 4.91. The Hall–Kier alpha value is -1.27. The van der Waals surface area contributed by atoms with Gasteiger partial charge in [0.25, 0.3) is 6.43 Å². The number of hydrogen-bond donors (Lipinski definition) is 2. The zero-order valence-corrected chi connectivity index (χ0v) is 4.97. The van der Waals surface area contributed by atoms with Crippen molar-refractivity contribution in [3.8, 4) is 0 Å². The van der Waals surface area contributed by atoms with E-state index in [4.69, 9.17) is 15.0 Å². The van der Waals surface area contributed by atoms with Gasteiger partial charge in [0.05, 0.1) is 0 Å². The molecular formula is C4H4F4O3. The van der Waals surface area contributed by atoms with Crippen LogP contribution in [0, 0.1) is 0 Å². The van der Waals surface area contributed by atoms with Crippen molar-refractivity contribution in [3.63, 3.8) is 0 Å². The van der Waals surface area contributed by atoms with Crippen molar-refractivity contribution in [1.29, 1.82) is 0 Å². The molecule has 2 N–H and O–H groups in total. The minimum Gasteiger partial charge on any atom is -0.450 e. The predicted molar refractivity (Wildman–Crippen MR) is 27.0 cm³/mol. The van der Waals surface area contributed by atoms with Gasteiger partial charge < -0.3 is 10.2 Å². The molecule has 0 aliphatic carbocycles. The first-order valence-corrected chi connectivity index (χ1v) is 2.07. The highest BCUT2D eigenvalue weighted by Gasteiger charge is 2.08. The second-order valence-corrected chi connectivity index (χ2v) is 1.08. The topological polar surface area (TPSA) is 57.5 Å². The molecule has 0 saturated heterocycles. The molecule has 0 unspecified atom stereocenters. The summed E-state index contributed by atoms with van der Waals surface area (Å²) in [6, 6.07) is 0. The summed E-state index contributed by atoms with van der Waals surface area (Å²) in [5, 5.41) is 13.9. The van der Waals surface area contributed by atoms with Gasteiger partial charge in [-0.1, -0.05) is 0 Å². The largest absolute Gasteiger partial charge is 0.503 e. The smallest absolute Gasteiger partial charge is 0.450 e. The van der Waals surface area contributed by atoms with Gasteiger partial charge in [0.15, 0.2) is 5.83 Å². The third-order valence-electron chi connectivity index (χ3n) is 0.313. The van der Waals surface area contributed by atoms with Gasteiger partial charge in [-0.15, -0.1) is 0 Å². The second kappa shape index (κ2) is 6.84. The van der Waals surface area contributed by atoms with Crippen molar-refractivity contribution in [3.05, 3.63) is 12.2 Å². The summed E-state index contributed by atoms with van der Waals surface area (Å²) < 4.78 is 43.1. The van der Waals surface area contributed by atoms with Gasteiger partial charge in [-0.05, 0) is 0 Å². The maximum Gasteiger partial charge on any atom is 0.503 e. The quantitative estimate of drug-likeness (QED) is 0.602. The molecule has 0 heterocycles. The molecule has 11 heavy (non-hydrogen) atoms. The molecule has 0 amide bonds. The molecule has 0 fully saturated rings. The van der Waals surface area contributed by atoms with Gasteiger partial charge in [-0.3, -0.25) is 0 Å². The van der Waals surface area contributed by atoms with Gasteiger partial charge in [0, 0.05) is 0 Å². The maximum atomic E-state index is 11.0. The molecule has 0 bridgehead atoms. The molecule has 0 aliphatic rings. The standard InChI is InChI=1S/C3H2F4.CH2O3/c4-1-2(5)3(6)7;2-1(3)4/h1,3H;(H2,2,3,4). The molecule has 0 radical (unpaired) electrons. The van der Waals surface area contributed by atoms with Crippen molar-refractivity contribution in [2.24, 2.45) is 0 Å². The third-order valence-corrected chi connectivity index (χ3v) is 0.313. The van der Waals surface area contributed by atoms with Crippen molar-refractivity contribution in [2.75, 3.05) is 0 Å². The Balaban J connectivity index is 0. The fraction of sp³-hybridized carbons (Fsp3) is 0.250. The molecule has 0 aromatic rings. The van der Waals surface area contributed by atoms with Crippen molar-refractivity contribution in [2.45, 2.75) is 6.43 Å². The number of carbonyl (C=O) groups is 1. The molecule has 66 valence electrons. The van der Waals surface area contributed by atoms with E-state index in [2.05, 4.69) is 0 Å². The Morgan fingerprint density at radius 2 is 1.64 bits per heavy atom. The zero-order valence-electron chi connectivity index (χ0n) is 4.97. The predicted octanol–water partition coefficient (Wildman–Crippen LogP) is 2.25. The van der Waals surface area contributed by atoms with Gasteiger partial charge in [0.2, 0.25) is 0 Å². The van der Waals surface area contributed by atoms with Gasteiger partial charge >= 0.3 is 6.16 Å². The Labute approximate surface area is 58.6 Å². The number of alkyl halides is 2. The fourth-order valence-corrected chi connectivity index (χ4v) is 0.0476. The monoisotopic (exact) mass is 176 g/mol. The number of carboxylic acid groups (broad SMARTS) is 2. The Bertz CT molecular complexity index is 140. The average Bonchev–Trinajstić information content (AvgIpc) is 1.85. The average molecular weight is 176 g/mol. The third kappa shape index (κ3) is 17.7. The maximum absolute atomic E-state index is 11.0. The van der Waals surface area contributed by atoms with Crippen LogP contribution in [-0.2, 0) is 0 Å². The summed E-state index contributed by atoms with van der Waals surface area (Å²) in [6.45, 7) is 0. The summed E-state index contributed by atoms with van der Waals surface area (Å²) in [4.78, 5) is 8.56. The number of rotatable bonds is 1. The Kier molecular flexibility index (Phi) is 7.72. The van der Waals surface area contributed by atoms with Crippen LogP contribution in [0.25, 0.3) is 0 Å². The van der Waals surface area contributed by atoms with E-state index in [1.807, 2.05) is 0 Å². The lowest BCUT2D eigenvalue weighted by atomic mass is 10.6. The van der Waals surface area contributed by atoms with Crippen LogP contribution in [0.2, 0.25) is 0 Å². The molecule has 3 nitrogen and oxygen atoms in total. The lowest BCUT2D eigenvalue weighted by Gasteiger charge is -1.85. The highest BCUT2D eigenvalue weighted by Crippen LogP contribution is 2.08. The molecule has 0 aliphatic heterocycles. The molecule has 0 atom stereocenters. The van der Waals surface area contributed by atoms with E-state index in [-0.39, 0.29) is 0 Å². The molecule has 0 saturated carbocycles. The molecule has 7 heteroatoms. The van der Waals surface area contributed by atoms with E-state index in [0.29, 0.717) is 0 Å². The van der Waals surface area contributed by atoms with E-state index < -0.39 is 24.7 Å². The molecule has 0 aromatic carbocycles. The minimum absolute atomic E-state index is 0.759. The normalized spacial score (nSPS) is 10.5. The fourth-order valence-electron chi connectivity index (χ4n) is 0.0476. The highest BCUT2D eigenvalue weighted by atomic mass is 19.3. The summed E-state index contributed by atoms with van der Waals surface area (Å²) in [5.74, 6) is -2.03. The van der Waals surface area contributed by atoms with E-state index in [9.17, 15) is 17.6 Å².